The van der Waals surface area contributed by atoms with E-state index in [0.717, 1.165) is 33.5 Å². The minimum absolute atomic E-state index is 0.273. The molecule has 9 heteroatoms. The van der Waals surface area contributed by atoms with Gasteiger partial charge in [-0.15, -0.1) is 0 Å². The summed E-state index contributed by atoms with van der Waals surface area (Å²) in [6.07, 6.45) is 1.75. The highest BCUT2D eigenvalue weighted by molar-refractivity contribution is 7.89. The molecule has 5 rings (SSSR count). The van der Waals surface area contributed by atoms with E-state index in [1.165, 1.54) is 4.31 Å². The monoisotopic (exact) mass is 450 g/mol. The number of rotatable bonds is 5. The predicted octanol–water partition coefficient (Wildman–Crippen LogP) is 3.32. The van der Waals surface area contributed by atoms with Crippen LogP contribution in [0.15, 0.2) is 65.7 Å². The molecule has 0 atom stereocenters. The first kappa shape index (κ1) is 20.6. The zero-order valence-electron chi connectivity index (χ0n) is 17.5. The first-order valence-corrected chi connectivity index (χ1v) is 11.7. The van der Waals surface area contributed by atoms with Crippen molar-refractivity contribution in [2.75, 3.05) is 33.4 Å². The number of morpholine rings is 1. The van der Waals surface area contributed by atoms with Gasteiger partial charge >= 0.3 is 0 Å². The molecule has 2 aromatic heterocycles. The van der Waals surface area contributed by atoms with Crippen molar-refractivity contribution in [2.45, 2.75) is 4.90 Å². The van der Waals surface area contributed by atoms with Crippen LogP contribution in [0.4, 0.5) is 0 Å². The van der Waals surface area contributed by atoms with Crippen molar-refractivity contribution in [1.82, 2.24) is 19.5 Å². The lowest BCUT2D eigenvalue weighted by Gasteiger charge is -2.26. The topological polar surface area (TPSA) is 97.4 Å². The molecule has 164 valence electrons. The van der Waals surface area contributed by atoms with Crippen LogP contribution in [0, 0.1) is 0 Å². The number of benzene rings is 2. The molecule has 0 spiro atoms. The van der Waals surface area contributed by atoms with Crippen LogP contribution in [0.2, 0.25) is 0 Å². The van der Waals surface area contributed by atoms with Gasteiger partial charge in [0, 0.05) is 35.8 Å². The molecule has 1 fully saturated rings. The Labute approximate surface area is 185 Å². The largest absolute Gasteiger partial charge is 0.496 e. The van der Waals surface area contributed by atoms with Crippen LogP contribution in [0.5, 0.6) is 5.75 Å². The van der Waals surface area contributed by atoms with E-state index in [1.54, 1.807) is 37.6 Å². The van der Waals surface area contributed by atoms with E-state index in [-0.39, 0.29) is 4.90 Å². The molecule has 32 heavy (non-hydrogen) atoms. The Morgan fingerprint density at radius 2 is 1.78 bits per heavy atom. The summed E-state index contributed by atoms with van der Waals surface area (Å²) in [5.41, 5.74) is 4.02. The van der Waals surface area contributed by atoms with Crippen LogP contribution < -0.4 is 4.74 Å². The fourth-order valence-corrected chi connectivity index (χ4v) is 5.27. The van der Waals surface area contributed by atoms with E-state index in [9.17, 15) is 8.42 Å². The number of methoxy groups -OCH3 is 1. The standard InChI is InChI=1S/C23H22N4O4S/c1-30-21-5-3-2-4-19(21)22-20-14-17(15-24-23(20)26-25-22)16-6-8-18(9-7-16)32(28,29)27-10-12-31-13-11-27/h2-9,14-15H,10-13H2,1H3,(H,24,25,26). The summed E-state index contributed by atoms with van der Waals surface area (Å²) in [6, 6.07) is 16.6. The minimum Gasteiger partial charge on any atom is -0.496 e. The quantitative estimate of drug-likeness (QED) is 0.501. The van der Waals surface area contributed by atoms with Gasteiger partial charge in [-0.1, -0.05) is 24.3 Å². The number of pyridine rings is 1. The molecule has 1 aliphatic rings. The molecule has 0 unspecified atom stereocenters. The van der Waals surface area contributed by atoms with Crippen molar-refractivity contribution in [1.29, 1.82) is 0 Å². The van der Waals surface area contributed by atoms with Crippen molar-refractivity contribution in [3.05, 3.63) is 60.8 Å². The van der Waals surface area contributed by atoms with Crippen molar-refractivity contribution in [2.24, 2.45) is 0 Å². The van der Waals surface area contributed by atoms with Gasteiger partial charge in [-0.2, -0.15) is 9.40 Å². The molecule has 1 N–H and O–H groups in total. The molecule has 2 aromatic carbocycles. The van der Waals surface area contributed by atoms with Gasteiger partial charge in [-0.25, -0.2) is 13.4 Å². The lowest BCUT2D eigenvalue weighted by molar-refractivity contribution is 0.0730. The first-order chi connectivity index (χ1) is 15.6. The number of nitrogens with one attached hydrogen (secondary N) is 1. The van der Waals surface area contributed by atoms with Gasteiger partial charge in [0.15, 0.2) is 5.65 Å². The summed E-state index contributed by atoms with van der Waals surface area (Å²) in [5.74, 6) is 0.726. The number of hydrogen-bond donors (Lipinski definition) is 1. The molecule has 4 aromatic rings. The number of aromatic amines is 1. The third-order valence-electron chi connectivity index (χ3n) is 5.57. The Morgan fingerprint density at radius 1 is 1.03 bits per heavy atom. The van der Waals surface area contributed by atoms with Gasteiger partial charge in [0.25, 0.3) is 0 Å². The van der Waals surface area contributed by atoms with E-state index >= 15 is 0 Å². The zero-order chi connectivity index (χ0) is 22.1. The SMILES string of the molecule is COc1ccccc1-c1n[nH]c2ncc(-c3ccc(S(=O)(=O)N4CCOCC4)cc3)cc12. The molecular formula is C23H22N4O4S. The number of para-hydroxylation sites is 1. The Morgan fingerprint density at radius 3 is 2.53 bits per heavy atom. The zero-order valence-corrected chi connectivity index (χ0v) is 18.3. The summed E-state index contributed by atoms with van der Waals surface area (Å²) in [4.78, 5) is 4.78. The second-order valence-electron chi connectivity index (χ2n) is 7.43. The van der Waals surface area contributed by atoms with E-state index in [1.807, 2.05) is 30.3 Å². The van der Waals surface area contributed by atoms with Gasteiger partial charge in [-0.05, 0) is 35.9 Å². The average Bonchev–Trinajstić information content (AvgIpc) is 3.28. The molecule has 3 heterocycles. The lowest BCUT2D eigenvalue weighted by atomic mass is 10.0. The van der Waals surface area contributed by atoms with Crippen LogP contribution in [0.3, 0.4) is 0 Å². The molecule has 0 aliphatic carbocycles. The number of H-pyrrole nitrogens is 1. The smallest absolute Gasteiger partial charge is 0.243 e. The Hall–Kier alpha value is -3.27. The maximum Gasteiger partial charge on any atom is 0.243 e. The highest BCUT2D eigenvalue weighted by Crippen LogP contribution is 2.34. The summed E-state index contributed by atoms with van der Waals surface area (Å²) >= 11 is 0. The third-order valence-corrected chi connectivity index (χ3v) is 7.49. The third kappa shape index (κ3) is 3.64. The second-order valence-corrected chi connectivity index (χ2v) is 9.37. The Bertz CT molecular complexity index is 1360. The van der Waals surface area contributed by atoms with Crippen molar-refractivity contribution in [3.63, 3.8) is 0 Å². The molecule has 0 bridgehead atoms. The second kappa shape index (κ2) is 8.34. The fraction of sp³-hybridized carbons (Fsp3) is 0.217. The Kier molecular flexibility index (Phi) is 5.38. The highest BCUT2D eigenvalue weighted by Gasteiger charge is 2.26. The number of nitrogens with zero attached hydrogens (tertiary/aromatic N) is 3. The van der Waals surface area contributed by atoms with Gasteiger partial charge < -0.3 is 9.47 Å². The fourth-order valence-electron chi connectivity index (χ4n) is 3.86. The lowest BCUT2D eigenvalue weighted by Crippen LogP contribution is -2.40. The normalized spacial score (nSPS) is 15.2. The summed E-state index contributed by atoms with van der Waals surface area (Å²) in [6.45, 7) is 1.58. The van der Waals surface area contributed by atoms with Crippen LogP contribution in [-0.4, -0.2) is 61.3 Å². The number of aromatic nitrogens is 3. The molecule has 0 radical (unpaired) electrons. The molecular weight excluding hydrogens is 428 g/mol. The van der Waals surface area contributed by atoms with E-state index < -0.39 is 10.0 Å². The van der Waals surface area contributed by atoms with E-state index in [0.29, 0.717) is 32.0 Å². The molecule has 0 saturated carbocycles. The molecule has 0 amide bonds. The van der Waals surface area contributed by atoms with Crippen molar-refractivity contribution < 1.29 is 17.9 Å². The minimum atomic E-state index is -3.53. The average molecular weight is 451 g/mol. The van der Waals surface area contributed by atoms with Gasteiger partial charge in [0.1, 0.15) is 11.4 Å². The first-order valence-electron chi connectivity index (χ1n) is 10.2. The maximum atomic E-state index is 12.9. The van der Waals surface area contributed by atoms with Crippen molar-refractivity contribution >= 4 is 21.1 Å². The maximum absolute atomic E-state index is 12.9. The molecule has 1 aliphatic heterocycles. The predicted molar refractivity (Wildman–Crippen MR) is 121 cm³/mol. The number of hydrogen-bond acceptors (Lipinski definition) is 6. The van der Waals surface area contributed by atoms with Crippen molar-refractivity contribution in [3.8, 4) is 28.1 Å². The van der Waals surface area contributed by atoms with Crippen LogP contribution in [0.1, 0.15) is 0 Å². The summed E-state index contributed by atoms with van der Waals surface area (Å²) in [7, 11) is -1.90. The number of sulfonamides is 1. The molecule has 8 nitrogen and oxygen atoms in total. The van der Waals surface area contributed by atoms with Crippen LogP contribution in [-0.2, 0) is 14.8 Å². The van der Waals surface area contributed by atoms with Gasteiger partial charge in [0.2, 0.25) is 10.0 Å². The van der Waals surface area contributed by atoms with Gasteiger partial charge in [0.05, 0.1) is 25.2 Å². The highest BCUT2D eigenvalue weighted by atomic mass is 32.2. The number of fused-ring (bicyclic) bond motifs is 1. The number of ether oxygens (including phenoxy) is 2. The van der Waals surface area contributed by atoms with E-state index in [4.69, 9.17) is 9.47 Å². The van der Waals surface area contributed by atoms with Crippen LogP contribution >= 0.6 is 0 Å². The van der Waals surface area contributed by atoms with Crippen LogP contribution in [0.25, 0.3) is 33.4 Å². The Balaban J connectivity index is 1.50. The van der Waals surface area contributed by atoms with Gasteiger partial charge in [-0.3, -0.25) is 5.10 Å². The summed E-state index contributed by atoms with van der Waals surface area (Å²) < 4.78 is 38.0. The summed E-state index contributed by atoms with van der Waals surface area (Å²) in [5, 5.41) is 8.27. The molecule has 1 saturated heterocycles. The van der Waals surface area contributed by atoms with E-state index in [2.05, 4.69) is 15.2 Å².